The van der Waals surface area contributed by atoms with Crippen molar-refractivity contribution in [2.24, 2.45) is 5.92 Å². The predicted molar refractivity (Wildman–Crippen MR) is 196 cm³/mol. The Balaban J connectivity index is 3.94. The number of rotatable bonds is 39. The Morgan fingerprint density at radius 1 is 0.435 bits per heavy atom. The van der Waals surface area contributed by atoms with Gasteiger partial charge < -0.3 is 0 Å². The van der Waals surface area contributed by atoms with Gasteiger partial charge in [0.25, 0.3) is 0 Å². The lowest BCUT2D eigenvalue weighted by molar-refractivity contribution is -0.134. The number of hydrogen-bond acceptors (Lipinski definition) is 4. The van der Waals surface area contributed by atoms with Gasteiger partial charge in [0.05, 0.1) is 0 Å². The van der Waals surface area contributed by atoms with E-state index in [4.69, 9.17) is 0 Å². The van der Waals surface area contributed by atoms with Crippen molar-refractivity contribution < 1.29 is 19.2 Å². The maximum absolute atomic E-state index is 13.0. The molecule has 0 N–H and O–H groups in total. The lowest BCUT2D eigenvalue weighted by atomic mass is 9.91. The summed E-state index contributed by atoms with van der Waals surface area (Å²) in [5.74, 6) is -0.458. The number of imide groups is 1. The molecular formula is C41H77NO4. The molecule has 0 aliphatic rings. The van der Waals surface area contributed by atoms with Gasteiger partial charge in [0.2, 0.25) is 12.8 Å². The highest BCUT2D eigenvalue weighted by Gasteiger charge is 2.23. The number of carbonyl (C=O) groups is 4. The van der Waals surface area contributed by atoms with Crippen molar-refractivity contribution in [1.82, 2.24) is 4.90 Å². The maximum atomic E-state index is 13.0. The summed E-state index contributed by atoms with van der Waals surface area (Å²) < 4.78 is 0. The molecule has 0 aliphatic heterocycles. The summed E-state index contributed by atoms with van der Waals surface area (Å²) in [6, 6.07) is 0. The molecule has 1 atom stereocenters. The van der Waals surface area contributed by atoms with Gasteiger partial charge in [0.15, 0.2) is 0 Å². The van der Waals surface area contributed by atoms with Gasteiger partial charge in [-0.3, -0.25) is 24.1 Å². The molecule has 1 unspecified atom stereocenters. The first-order valence-electron chi connectivity index (χ1n) is 20.3. The third kappa shape index (κ3) is 31.1. The summed E-state index contributed by atoms with van der Waals surface area (Å²) in [7, 11) is 0. The number of carbonyl (C=O) groups excluding carboxylic acids is 4. The van der Waals surface area contributed by atoms with Crippen LogP contribution in [0.5, 0.6) is 0 Å². The van der Waals surface area contributed by atoms with Crippen LogP contribution in [0.4, 0.5) is 0 Å². The number of nitrogens with zero attached hydrogens (tertiary/aromatic N) is 1. The molecule has 0 heterocycles. The lowest BCUT2D eigenvalue weighted by Crippen LogP contribution is -2.33. The van der Waals surface area contributed by atoms with Gasteiger partial charge in [-0.1, -0.05) is 194 Å². The Morgan fingerprint density at radius 3 is 1.02 bits per heavy atom. The van der Waals surface area contributed by atoms with E-state index in [1.807, 2.05) is 0 Å². The van der Waals surface area contributed by atoms with Crippen molar-refractivity contribution in [2.45, 2.75) is 226 Å². The standard InChI is InChI=1S/C41H77NO4/c1-3-5-7-9-11-13-15-17-19-21-23-25-27-29-31-33-40(45)35-39(36-42(37-43)38-44)41(46)34-32-30-28-26-24-22-20-18-16-14-12-10-8-6-4-2/h37-39H,3-36H2,1-2H3. The Bertz CT molecular complexity index is 686. The minimum atomic E-state index is -0.564. The zero-order valence-corrected chi connectivity index (χ0v) is 30.9. The summed E-state index contributed by atoms with van der Waals surface area (Å²) in [4.78, 5) is 49.1. The van der Waals surface area contributed by atoms with E-state index in [1.54, 1.807) is 0 Å². The Morgan fingerprint density at radius 2 is 0.717 bits per heavy atom. The van der Waals surface area contributed by atoms with Crippen LogP contribution in [0.3, 0.4) is 0 Å². The normalized spacial score (nSPS) is 11.9. The fourth-order valence-electron chi connectivity index (χ4n) is 6.59. The van der Waals surface area contributed by atoms with Gasteiger partial charge in [-0.25, -0.2) is 0 Å². The van der Waals surface area contributed by atoms with Crippen LogP contribution >= 0.6 is 0 Å². The van der Waals surface area contributed by atoms with Gasteiger partial charge in [0.1, 0.15) is 11.6 Å². The average molecular weight is 648 g/mol. The first-order valence-corrected chi connectivity index (χ1v) is 20.3. The Labute approximate surface area is 286 Å². The number of unbranched alkanes of at least 4 members (excludes halogenated alkanes) is 28. The van der Waals surface area contributed by atoms with Gasteiger partial charge in [-0.15, -0.1) is 0 Å². The van der Waals surface area contributed by atoms with E-state index < -0.39 is 5.92 Å². The second-order valence-electron chi connectivity index (χ2n) is 14.2. The predicted octanol–water partition coefficient (Wildman–Crippen LogP) is 12.3. The number of amides is 2. The highest BCUT2D eigenvalue weighted by molar-refractivity contribution is 5.88. The summed E-state index contributed by atoms with van der Waals surface area (Å²) >= 11 is 0. The van der Waals surface area contributed by atoms with Crippen molar-refractivity contribution in [1.29, 1.82) is 0 Å². The van der Waals surface area contributed by atoms with E-state index >= 15 is 0 Å². The lowest BCUT2D eigenvalue weighted by Gasteiger charge is -2.19. The summed E-state index contributed by atoms with van der Waals surface area (Å²) in [5.41, 5.74) is 0. The van der Waals surface area contributed by atoms with Crippen LogP contribution < -0.4 is 0 Å². The summed E-state index contributed by atoms with van der Waals surface area (Å²) in [5, 5.41) is 0. The topological polar surface area (TPSA) is 71.5 Å². The van der Waals surface area contributed by atoms with E-state index in [0.717, 1.165) is 43.4 Å². The van der Waals surface area contributed by atoms with Crippen LogP contribution in [-0.4, -0.2) is 35.8 Å². The van der Waals surface area contributed by atoms with Crippen molar-refractivity contribution >= 4 is 24.4 Å². The van der Waals surface area contributed by atoms with E-state index in [-0.39, 0.29) is 24.5 Å². The highest BCUT2D eigenvalue weighted by atomic mass is 16.2. The molecule has 0 aromatic heterocycles. The third-order valence-electron chi connectivity index (χ3n) is 9.72. The van der Waals surface area contributed by atoms with Crippen LogP contribution in [0.2, 0.25) is 0 Å². The molecule has 0 radical (unpaired) electrons. The molecule has 0 saturated carbocycles. The number of Topliss-reactive ketones (excluding diaryl/α,β-unsaturated/α-hetero) is 2. The fourth-order valence-corrected chi connectivity index (χ4v) is 6.59. The van der Waals surface area contributed by atoms with Crippen LogP contribution in [0.15, 0.2) is 0 Å². The molecule has 46 heavy (non-hydrogen) atoms. The van der Waals surface area contributed by atoms with Crippen molar-refractivity contribution in [2.75, 3.05) is 6.54 Å². The maximum Gasteiger partial charge on any atom is 0.216 e. The molecule has 0 fully saturated rings. The monoisotopic (exact) mass is 648 g/mol. The summed E-state index contributed by atoms with van der Waals surface area (Å²) in [6.07, 6.45) is 40.5. The number of ketones is 2. The zero-order valence-electron chi connectivity index (χ0n) is 30.9. The van der Waals surface area contributed by atoms with Gasteiger partial charge in [0, 0.05) is 31.7 Å². The summed E-state index contributed by atoms with van der Waals surface area (Å²) in [6.45, 7) is 4.56. The van der Waals surface area contributed by atoms with Crippen LogP contribution in [0.1, 0.15) is 226 Å². The minimum Gasteiger partial charge on any atom is -0.300 e. The molecule has 0 aromatic carbocycles. The van der Waals surface area contributed by atoms with Crippen molar-refractivity contribution in [3.05, 3.63) is 0 Å². The van der Waals surface area contributed by atoms with Crippen LogP contribution in [0, 0.1) is 5.92 Å². The molecule has 0 bridgehead atoms. The minimum absolute atomic E-state index is 0.0215. The second kappa shape index (κ2) is 36.3. The quantitative estimate of drug-likeness (QED) is 0.0491. The molecular weight excluding hydrogens is 570 g/mol. The molecule has 0 spiro atoms. The van der Waals surface area contributed by atoms with Crippen molar-refractivity contribution in [3.8, 4) is 0 Å². The van der Waals surface area contributed by atoms with Gasteiger partial charge >= 0.3 is 0 Å². The first-order chi connectivity index (χ1) is 22.6. The Kier molecular flexibility index (Phi) is 35.1. The molecule has 2 amide bonds. The molecule has 5 heteroatoms. The Hall–Kier alpha value is -1.52. The number of hydrogen-bond donors (Lipinski definition) is 0. The smallest absolute Gasteiger partial charge is 0.216 e. The van der Waals surface area contributed by atoms with Gasteiger partial charge in [-0.05, 0) is 12.8 Å². The zero-order chi connectivity index (χ0) is 33.8. The molecule has 0 rings (SSSR count). The molecule has 0 saturated heterocycles. The fraction of sp³-hybridized carbons (Fsp3) is 0.902. The van der Waals surface area contributed by atoms with E-state index in [9.17, 15) is 19.2 Å². The second-order valence-corrected chi connectivity index (χ2v) is 14.2. The van der Waals surface area contributed by atoms with Crippen LogP contribution in [0.25, 0.3) is 0 Å². The van der Waals surface area contributed by atoms with E-state index in [1.165, 1.54) is 154 Å². The van der Waals surface area contributed by atoms with Gasteiger partial charge in [-0.2, -0.15) is 0 Å². The van der Waals surface area contributed by atoms with Crippen molar-refractivity contribution in [3.63, 3.8) is 0 Å². The average Bonchev–Trinajstić information content (AvgIpc) is 3.06. The SMILES string of the molecule is CCCCCCCCCCCCCCCCCC(=O)CC(CN(C=O)C=O)C(=O)CCCCCCCCCCCCCCCCC. The third-order valence-corrected chi connectivity index (χ3v) is 9.72. The van der Waals surface area contributed by atoms with Crippen LogP contribution in [-0.2, 0) is 19.2 Å². The van der Waals surface area contributed by atoms with E-state index in [2.05, 4.69) is 13.8 Å². The molecule has 5 nitrogen and oxygen atoms in total. The largest absolute Gasteiger partial charge is 0.300 e. The molecule has 270 valence electrons. The molecule has 0 aromatic rings. The highest BCUT2D eigenvalue weighted by Crippen LogP contribution is 2.18. The van der Waals surface area contributed by atoms with E-state index in [0.29, 0.717) is 25.7 Å². The first kappa shape index (κ1) is 44.5. The molecule has 0 aliphatic carbocycles.